The molecule has 0 bridgehead atoms. The van der Waals surface area contributed by atoms with E-state index in [1.165, 1.54) is 0 Å². The lowest BCUT2D eigenvalue weighted by Gasteiger charge is -2.22. The Morgan fingerprint density at radius 3 is 2.74 bits per heavy atom. The highest BCUT2D eigenvalue weighted by Crippen LogP contribution is 2.14. The Bertz CT molecular complexity index is 472. The van der Waals surface area contributed by atoms with E-state index < -0.39 is 0 Å². The molecule has 0 aliphatic rings. The first-order valence-corrected chi connectivity index (χ1v) is 6.58. The highest BCUT2D eigenvalue weighted by Gasteiger charge is 2.17. The first-order valence-electron chi connectivity index (χ1n) is 6.18. The first-order chi connectivity index (χ1) is 8.84. The van der Waals surface area contributed by atoms with Gasteiger partial charge in [0.25, 0.3) is 0 Å². The molecule has 4 nitrogen and oxygen atoms in total. The Kier molecular flexibility index (Phi) is 5.44. The van der Waals surface area contributed by atoms with Crippen molar-refractivity contribution in [3.63, 3.8) is 0 Å². The van der Waals surface area contributed by atoms with E-state index in [1.54, 1.807) is 24.3 Å². The molecule has 0 aromatic heterocycles. The van der Waals surface area contributed by atoms with E-state index in [4.69, 9.17) is 22.7 Å². The van der Waals surface area contributed by atoms with Crippen LogP contribution in [0.3, 0.4) is 0 Å². The molecule has 19 heavy (non-hydrogen) atoms. The third-order valence-electron chi connectivity index (χ3n) is 2.88. The van der Waals surface area contributed by atoms with Crippen LogP contribution in [0.15, 0.2) is 24.3 Å². The van der Waals surface area contributed by atoms with Gasteiger partial charge in [-0.05, 0) is 32.4 Å². The number of rotatable bonds is 6. The van der Waals surface area contributed by atoms with Crippen molar-refractivity contribution >= 4 is 28.8 Å². The van der Waals surface area contributed by atoms with Crippen LogP contribution in [0.4, 0.5) is 5.69 Å². The fourth-order valence-electron chi connectivity index (χ4n) is 1.31. The molecule has 1 aromatic carbocycles. The van der Waals surface area contributed by atoms with Crippen molar-refractivity contribution in [2.45, 2.75) is 32.8 Å². The maximum Gasteiger partial charge on any atom is 0.250 e. The SMILES string of the molecule is CCC(C)(C)OCC(=O)Nc1cccc(C(N)=S)c1. The molecule has 0 unspecified atom stereocenters. The van der Waals surface area contributed by atoms with Crippen molar-refractivity contribution in [3.8, 4) is 0 Å². The fourth-order valence-corrected chi connectivity index (χ4v) is 1.44. The van der Waals surface area contributed by atoms with Crippen LogP contribution in [0.5, 0.6) is 0 Å². The van der Waals surface area contributed by atoms with E-state index in [0.29, 0.717) is 10.7 Å². The van der Waals surface area contributed by atoms with Crippen LogP contribution < -0.4 is 11.1 Å². The van der Waals surface area contributed by atoms with Gasteiger partial charge in [-0.1, -0.05) is 31.3 Å². The third-order valence-corrected chi connectivity index (χ3v) is 3.11. The lowest BCUT2D eigenvalue weighted by molar-refractivity contribution is -0.126. The molecule has 3 N–H and O–H groups in total. The monoisotopic (exact) mass is 280 g/mol. The molecule has 5 heteroatoms. The van der Waals surface area contributed by atoms with Crippen LogP contribution in [0, 0.1) is 0 Å². The van der Waals surface area contributed by atoms with Gasteiger partial charge in [-0.2, -0.15) is 0 Å². The van der Waals surface area contributed by atoms with E-state index in [-0.39, 0.29) is 18.1 Å². The Labute approximate surface area is 119 Å². The normalized spacial score (nSPS) is 11.1. The lowest BCUT2D eigenvalue weighted by atomic mass is 10.1. The van der Waals surface area contributed by atoms with Crippen LogP contribution in [0.1, 0.15) is 32.8 Å². The molecule has 0 aliphatic heterocycles. The summed E-state index contributed by atoms with van der Waals surface area (Å²) >= 11 is 4.89. The second kappa shape index (κ2) is 6.63. The molecule has 104 valence electrons. The van der Waals surface area contributed by atoms with Gasteiger partial charge in [0.05, 0.1) is 5.60 Å². The lowest BCUT2D eigenvalue weighted by Crippen LogP contribution is -2.29. The first kappa shape index (κ1) is 15.6. The largest absolute Gasteiger partial charge is 0.389 e. The molecule has 0 atom stereocenters. The van der Waals surface area contributed by atoms with Crippen molar-refractivity contribution in [3.05, 3.63) is 29.8 Å². The topological polar surface area (TPSA) is 64.3 Å². The second-order valence-electron chi connectivity index (χ2n) is 4.90. The summed E-state index contributed by atoms with van der Waals surface area (Å²) in [5.41, 5.74) is 6.63. The predicted octanol–water partition coefficient (Wildman–Crippen LogP) is 2.46. The predicted molar refractivity (Wildman–Crippen MR) is 81.3 cm³/mol. The summed E-state index contributed by atoms with van der Waals surface area (Å²) in [4.78, 5) is 12.1. The van der Waals surface area contributed by atoms with Crippen molar-refractivity contribution in [1.82, 2.24) is 0 Å². The second-order valence-corrected chi connectivity index (χ2v) is 5.33. The van der Waals surface area contributed by atoms with Crippen LogP contribution >= 0.6 is 12.2 Å². The number of nitrogens with two attached hydrogens (primary N) is 1. The van der Waals surface area contributed by atoms with E-state index in [1.807, 2.05) is 20.8 Å². The minimum atomic E-state index is -0.294. The standard InChI is InChI=1S/C14H20N2O2S/c1-4-14(2,3)18-9-12(17)16-11-7-5-6-10(8-11)13(15)19/h5-8H,4,9H2,1-3H3,(H2,15,19)(H,16,17). The number of benzene rings is 1. The maximum absolute atomic E-state index is 11.8. The Balaban J connectivity index is 2.58. The molecule has 0 radical (unpaired) electrons. The molecule has 1 rings (SSSR count). The minimum Gasteiger partial charge on any atom is -0.389 e. The van der Waals surface area contributed by atoms with Gasteiger partial charge in [0.2, 0.25) is 5.91 Å². The Morgan fingerprint density at radius 2 is 2.16 bits per heavy atom. The van der Waals surface area contributed by atoms with Crippen molar-refractivity contribution in [2.24, 2.45) is 5.73 Å². The third kappa shape index (κ3) is 5.36. The summed E-state index contributed by atoms with van der Waals surface area (Å²) in [7, 11) is 0. The fraction of sp³-hybridized carbons (Fsp3) is 0.429. The van der Waals surface area contributed by atoms with Gasteiger partial charge < -0.3 is 15.8 Å². The van der Waals surface area contributed by atoms with Crippen LogP contribution in [-0.2, 0) is 9.53 Å². The molecule has 0 heterocycles. The molecular weight excluding hydrogens is 260 g/mol. The van der Waals surface area contributed by atoms with Gasteiger partial charge in [0, 0.05) is 11.3 Å². The number of thiocarbonyl (C=S) groups is 1. The Hall–Kier alpha value is -1.46. The average Bonchev–Trinajstić information content (AvgIpc) is 2.37. The molecule has 1 aromatic rings. The number of ether oxygens (including phenoxy) is 1. The summed E-state index contributed by atoms with van der Waals surface area (Å²) < 4.78 is 5.53. The summed E-state index contributed by atoms with van der Waals surface area (Å²) in [6.07, 6.45) is 0.844. The van der Waals surface area contributed by atoms with E-state index >= 15 is 0 Å². The summed E-state index contributed by atoms with van der Waals surface area (Å²) in [6, 6.07) is 7.12. The van der Waals surface area contributed by atoms with Gasteiger partial charge in [0.1, 0.15) is 11.6 Å². The van der Waals surface area contributed by atoms with Gasteiger partial charge in [0.15, 0.2) is 0 Å². The van der Waals surface area contributed by atoms with Crippen LogP contribution in [0.2, 0.25) is 0 Å². The van der Waals surface area contributed by atoms with Crippen LogP contribution in [-0.4, -0.2) is 23.1 Å². The number of carbonyl (C=O) groups is 1. The molecule has 0 fully saturated rings. The zero-order valence-corrected chi connectivity index (χ0v) is 12.3. The molecule has 0 aliphatic carbocycles. The number of amides is 1. The number of hydrogen-bond acceptors (Lipinski definition) is 3. The van der Waals surface area contributed by atoms with Gasteiger partial charge in [-0.15, -0.1) is 0 Å². The number of nitrogens with one attached hydrogen (secondary N) is 1. The van der Waals surface area contributed by atoms with Crippen LogP contribution in [0.25, 0.3) is 0 Å². The average molecular weight is 280 g/mol. The number of carbonyl (C=O) groups excluding carboxylic acids is 1. The highest BCUT2D eigenvalue weighted by molar-refractivity contribution is 7.80. The van der Waals surface area contributed by atoms with Gasteiger partial charge in [-0.3, -0.25) is 4.79 Å². The summed E-state index contributed by atoms with van der Waals surface area (Å²) in [6.45, 7) is 5.95. The Morgan fingerprint density at radius 1 is 1.47 bits per heavy atom. The van der Waals surface area contributed by atoms with E-state index in [2.05, 4.69) is 5.32 Å². The smallest absolute Gasteiger partial charge is 0.250 e. The molecule has 0 spiro atoms. The van der Waals surface area contributed by atoms with Crippen molar-refractivity contribution < 1.29 is 9.53 Å². The number of anilines is 1. The molecule has 0 saturated carbocycles. The maximum atomic E-state index is 11.8. The zero-order chi connectivity index (χ0) is 14.5. The van der Waals surface area contributed by atoms with Gasteiger partial charge >= 0.3 is 0 Å². The highest BCUT2D eigenvalue weighted by atomic mass is 32.1. The number of hydrogen-bond donors (Lipinski definition) is 2. The van der Waals surface area contributed by atoms with E-state index in [0.717, 1.165) is 12.0 Å². The quantitative estimate of drug-likeness (QED) is 0.786. The molecular formula is C14H20N2O2S. The molecule has 1 amide bonds. The van der Waals surface area contributed by atoms with Gasteiger partial charge in [-0.25, -0.2) is 0 Å². The van der Waals surface area contributed by atoms with Crippen molar-refractivity contribution in [2.75, 3.05) is 11.9 Å². The summed E-state index contributed by atoms with van der Waals surface area (Å²) in [5.74, 6) is -0.193. The summed E-state index contributed by atoms with van der Waals surface area (Å²) in [5, 5.41) is 2.75. The molecule has 0 saturated heterocycles. The van der Waals surface area contributed by atoms with Crippen molar-refractivity contribution in [1.29, 1.82) is 0 Å². The minimum absolute atomic E-state index is 0.0259. The van der Waals surface area contributed by atoms with E-state index in [9.17, 15) is 4.79 Å². The zero-order valence-electron chi connectivity index (χ0n) is 11.5.